The first kappa shape index (κ1) is 27.8. The lowest BCUT2D eigenvalue weighted by Crippen LogP contribution is -2.11. The number of rotatable bonds is 5. The maximum atomic E-state index is 11.5. The topological polar surface area (TPSA) is 92.0 Å². The molecule has 0 unspecified atom stereocenters. The third-order valence-corrected chi connectivity index (χ3v) is 7.42. The number of phenolic OH excluding ortho intramolecular Hbond substituents is 2. The van der Waals surface area contributed by atoms with Gasteiger partial charge in [-0.15, -0.1) is 0 Å². The third kappa shape index (κ3) is 5.60. The van der Waals surface area contributed by atoms with Crippen LogP contribution in [0.5, 0.6) is 11.5 Å². The quantitative estimate of drug-likeness (QED) is 0.218. The monoisotopic (exact) mass is 564 g/mol. The van der Waals surface area contributed by atoms with E-state index >= 15 is 0 Å². The van der Waals surface area contributed by atoms with Crippen molar-refractivity contribution in [3.63, 3.8) is 0 Å². The van der Waals surface area contributed by atoms with Gasteiger partial charge in [-0.25, -0.2) is 9.97 Å². The molecule has 4 aromatic heterocycles. The van der Waals surface area contributed by atoms with E-state index in [1.54, 1.807) is 12.4 Å². The Hall–Kier alpha value is -5.36. The van der Waals surface area contributed by atoms with E-state index in [1.165, 1.54) is 0 Å². The molecule has 2 N–H and O–H groups in total. The van der Waals surface area contributed by atoms with E-state index in [9.17, 15) is 10.2 Å². The molecule has 0 aliphatic rings. The molecule has 0 spiro atoms. The first-order valence-corrected chi connectivity index (χ1v) is 14.2. The molecule has 0 fully saturated rings. The SMILES string of the molecule is Cc1cc(-c2ccccn2)c(O)c(-c2cccc(-c3cccc(-c4cc(C(C)(C)C)cc(-c5ccccn5)c4O)n3)n2)c1. The molecule has 6 rings (SSSR count). The van der Waals surface area contributed by atoms with E-state index in [2.05, 4.69) is 30.7 Å². The average molecular weight is 565 g/mol. The molecule has 0 amide bonds. The second-order valence-corrected chi connectivity index (χ2v) is 11.6. The van der Waals surface area contributed by atoms with Crippen LogP contribution in [0.4, 0.5) is 0 Å². The fraction of sp³-hybridized carbons (Fsp3) is 0.135. The first-order chi connectivity index (χ1) is 20.7. The normalized spacial score (nSPS) is 11.4. The number of pyridine rings is 4. The van der Waals surface area contributed by atoms with E-state index in [4.69, 9.17) is 9.97 Å². The molecule has 4 heterocycles. The number of aromatic nitrogens is 4. The highest BCUT2D eigenvalue weighted by molar-refractivity contribution is 5.83. The van der Waals surface area contributed by atoms with Gasteiger partial charge in [0, 0.05) is 34.6 Å². The Morgan fingerprint density at radius 3 is 1.33 bits per heavy atom. The number of aromatic hydroxyl groups is 2. The summed E-state index contributed by atoms with van der Waals surface area (Å²) in [7, 11) is 0. The lowest BCUT2D eigenvalue weighted by Gasteiger charge is -2.22. The minimum atomic E-state index is -0.163. The standard InChI is InChI=1S/C37H32N4O2/c1-23-19-25(29-11-5-7-17-38-29)35(42)26(20-23)31-13-9-15-33(40-31)34-16-10-14-32(41-34)28-22-24(37(2,3)4)21-27(36(28)43)30-12-6-8-18-39-30/h5-22,42-43H,1-4H3. The van der Waals surface area contributed by atoms with Crippen LogP contribution in [-0.2, 0) is 5.41 Å². The number of hydrogen-bond donors (Lipinski definition) is 2. The predicted molar refractivity (Wildman–Crippen MR) is 172 cm³/mol. The van der Waals surface area contributed by atoms with Crippen LogP contribution in [0.25, 0.3) is 56.4 Å². The first-order valence-electron chi connectivity index (χ1n) is 14.2. The molecule has 6 aromatic rings. The van der Waals surface area contributed by atoms with Crippen molar-refractivity contribution in [1.29, 1.82) is 0 Å². The van der Waals surface area contributed by atoms with Gasteiger partial charge in [-0.05, 0) is 96.3 Å². The van der Waals surface area contributed by atoms with Crippen LogP contribution >= 0.6 is 0 Å². The maximum absolute atomic E-state index is 11.5. The predicted octanol–water partition coefficient (Wildman–Crippen LogP) is 8.62. The number of hydrogen-bond acceptors (Lipinski definition) is 6. The highest BCUT2D eigenvalue weighted by Crippen LogP contribution is 2.42. The van der Waals surface area contributed by atoms with Gasteiger partial charge in [0.1, 0.15) is 11.5 Å². The zero-order valence-corrected chi connectivity index (χ0v) is 24.6. The highest BCUT2D eigenvalue weighted by Gasteiger charge is 2.22. The van der Waals surface area contributed by atoms with Crippen molar-refractivity contribution in [3.05, 3.63) is 121 Å². The summed E-state index contributed by atoms with van der Waals surface area (Å²) in [5.41, 5.74) is 8.38. The second-order valence-electron chi connectivity index (χ2n) is 11.6. The van der Waals surface area contributed by atoms with Crippen LogP contribution in [0.2, 0.25) is 0 Å². The number of nitrogens with zero attached hydrogens (tertiary/aromatic N) is 4. The smallest absolute Gasteiger partial charge is 0.134 e. The number of benzene rings is 2. The highest BCUT2D eigenvalue weighted by atomic mass is 16.3. The van der Waals surface area contributed by atoms with Gasteiger partial charge < -0.3 is 10.2 Å². The van der Waals surface area contributed by atoms with Crippen molar-refractivity contribution in [2.24, 2.45) is 0 Å². The largest absolute Gasteiger partial charge is 0.507 e. The molecular weight excluding hydrogens is 532 g/mol. The van der Waals surface area contributed by atoms with Crippen molar-refractivity contribution in [2.45, 2.75) is 33.1 Å². The zero-order valence-electron chi connectivity index (χ0n) is 24.6. The summed E-state index contributed by atoms with van der Waals surface area (Å²) in [5.74, 6) is 0.256. The van der Waals surface area contributed by atoms with E-state index in [1.807, 2.05) is 104 Å². The summed E-state index contributed by atoms with van der Waals surface area (Å²) < 4.78 is 0. The van der Waals surface area contributed by atoms with E-state index in [0.29, 0.717) is 56.4 Å². The maximum Gasteiger partial charge on any atom is 0.134 e. The van der Waals surface area contributed by atoms with Crippen LogP contribution in [0.1, 0.15) is 31.9 Å². The van der Waals surface area contributed by atoms with E-state index < -0.39 is 0 Å². The van der Waals surface area contributed by atoms with Crippen molar-refractivity contribution in [1.82, 2.24) is 19.9 Å². The molecule has 6 heteroatoms. The van der Waals surface area contributed by atoms with Crippen LogP contribution in [0, 0.1) is 6.92 Å². The Kier molecular flexibility index (Phi) is 7.20. The molecule has 0 bridgehead atoms. The van der Waals surface area contributed by atoms with Crippen molar-refractivity contribution < 1.29 is 10.2 Å². The molecule has 0 radical (unpaired) electrons. The Morgan fingerprint density at radius 1 is 0.488 bits per heavy atom. The van der Waals surface area contributed by atoms with E-state index in [-0.39, 0.29) is 16.9 Å². The molecule has 0 saturated carbocycles. The van der Waals surface area contributed by atoms with Gasteiger partial charge in [-0.1, -0.05) is 45.0 Å². The van der Waals surface area contributed by atoms with Gasteiger partial charge in [0.15, 0.2) is 0 Å². The van der Waals surface area contributed by atoms with Gasteiger partial charge in [0.2, 0.25) is 0 Å². The molecule has 43 heavy (non-hydrogen) atoms. The van der Waals surface area contributed by atoms with Crippen molar-refractivity contribution in [3.8, 4) is 67.9 Å². The Balaban J connectivity index is 1.45. The minimum Gasteiger partial charge on any atom is -0.507 e. The minimum absolute atomic E-state index is 0.127. The fourth-order valence-electron chi connectivity index (χ4n) is 5.13. The van der Waals surface area contributed by atoms with Crippen molar-refractivity contribution in [2.75, 3.05) is 0 Å². The molecule has 0 aliphatic heterocycles. The molecule has 0 atom stereocenters. The summed E-state index contributed by atoms with van der Waals surface area (Å²) >= 11 is 0. The summed E-state index contributed by atoms with van der Waals surface area (Å²) in [5, 5.41) is 22.8. The van der Waals surface area contributed by atoms with Crippen LogP contribution in [-0.4, -0.2) is 30.1 Å². The number of phenols is 2. The molecule has 212 valence electrons. The summed E-state index contributed by atoms with van der Waals surface area (Å²) in [6.07, 6.45) is 3.43. The lowest BCUT2D eigenvalue weighted by molar-refractivity contribution is 0.477. The van der Waals surface area contributed by atoms with Gasteiger partial charge in [0.05, 0.1) is 34.2 Å². The summed E-state index contributed by atoms with van der Waals surface area (Å²) in [4.78, 5) is 18.8. The molecule has 0 aliphatic carbocycles. The molecule has 2 aromatic carbocycles. The summed E-state index contributed by atoms with van der Waals surface area (Å²) in [6.45, 7) is 8.42. The fourth-order valence-corrected chi connectivity index (χ4v) is 5.13. The summed E-state index contributed by atoms with van der Waals surface area (Å²) in [6, 6.07) is 30.5. The van der Waals surface area contributed by atoms with E-state index in [0.717, 1.165) is 11.1 Å². The van der Waals surface area contributed by atoms with Crippen LogP contribution in [0.3, 0.4) is 0 Å². The third-order valence-electron chi connectivity index (χ3n) is 7.42. The average Bonchev–Trinajstić information content (AvgIpc) is 3.02. The molecule has 6 nitrogen and oxygen atoms in total. The molecule has 0 saturated heterocycles. The van der Waals surface area contributed by atoms with Crippen molar-refractivity contribution >= 4 is 0 Å². The zero-order chi connectivity index (χ0) is 30.1. The van der Waals surface area contributed by atoms with Gasteiger partial charge in [-0.3, -0.25) is 9.97 Å². The van der Waals surface area contributed by atoms with Crippen LogP contribution in [0.15, 0.2) is 109 Å². The molecular formula is C37H32N4O2. The Morgan fingerprint density at radius 2 is 0.884 bits per heavy atom. The van der Waals surface area contributed by atoms with Gasteiger partial charge in [-0.2, -0.15) is 0 Å². The van der Waals surface area contributed by atoms with Gasteiger partial charge in [0.25, 0.3) is 0 Å². The van der Waals surface area contributed by atoms with Crippen LogP contribution < -0.4 is 0 Å². The lowest BCUT2D eigenvalue weighted by atomic mass is 9.83. The number of aryl methyl sites for hydroxylation is 1. The van der Waals surface area contributed by atoms with Gasteiger partial charge >= 0.3 is 0 Å². The second kappa shape index (κ2) is 11.1. The Labute approximate surface area is 251 Å². The Bertz CT molecular complexity index is 1930.